The summed E-state index contributed by atoms with van der Waals surface area (Å²) in [5, 5.41) is 11.2. The van der Waals surface area contributed by atoms with E-state index in [4.69, 9.17) is 11.6 Å². The summed E-state index contributed by atoms with van der Waals surface area (Å²) in [6.07, 6.45) is 3.38. The minimum absolute atomic E-state index is 0.149. The predicted molar refractivity (Wildman–Crippen MR) is 171 cm³/mol. The number of fused-ring (bicyclic) bond motifs is 4. The number of rotatable bonds is 5. The van der Waals surface area contributed by atoms with Crippen LogP contribution in [0.3, 0.4) is 0 Å². The molecule has 3 fully saturated rings. The number of imide groups is 2. The number of nitrogens with zero attached hydrogens (tertiary/aromatic N) is 2. The Balaban J connectivity index is 1.51. The third-order valence-corrected chi connectivity index (χ3v) is 10.8. The zero-order valence-corrected chi connectivity index (χ0v) is 26.3. The van der Waals surface area contributed by atoms with Crippen LogP contribution in [-0.4, -0.2) is 40.2 Å². The van der Waals surface area contributed by atoms with Gasteiger partial charge in [-0.1, -0.05) is 78.7 Å². The second-order valence-electron chi connectivity index (χ2n) is 12.9. The van der Waals surface area contributed by atoms with E-state index in [0.29, 0.717) is 46.8 Å². The van der Waals surface area contributed by atoms with Gasteiger partial charge in [0.1, 0.15) is 5.75 Å². The number of phenols is 1. The lowest BCUT2D eigenvalue weighted by Gasteiger charge is -2.51. The van der Waals surface area contributed by atoms with E-state index < -0.39 is 35.0 Å². The summed E-state index contributed by atoms with van der Waals surface area (Å²) in [5.74, 6) is -3.76. The number of halogens is 1. The van der Waals surface area contributed by atoms with Gasteiger partial charge >= 0.3 is 0 Å². The second kappa shape index (κ2) is 10.7. The molecule has 3 aromatic carbocycles. The van der Waals surface area contributed by atoms with Crippen LogP contribution in [0.15, 0.2) is 78.4 Å². The largest absolute Gasteiger partial charge is 0.507 e. The Morgan fingerprint density at radius 3 is 2.27 bits per heavy atom. The van der Waals surface area contributed by atoms with Gasteiger partial charge in [0.25, 0.3) is 0 Å². The Bertz CT molecular complexity index is 1780. The van der Waals surface area contributed by atoms with Crippen LogP contribution in [0.1, 0.15) is 54.4 Å². The van der Waals surface area contributed by atoms with E-state index in [1.807, 2.05) is 63.2 Å². The molecule has 2 heterocycles. The van der Waals surface area contributed by atoms with E-state index in [-0.39, 0.29) is 35.8 Å². The topological polar surface area (TPSA) is 95.0 Å². The summed E-state index contributed by atoms with van der Waals surface area (Å²) < 4.78 is 0. The van der Waals surface area contributed by atoms with E-state index in [9.17, 15) is 19.5 Å². The van der Waals surface area contributed by atoms with Crippen molar-refractivity contribution >= 4 is 40.9 Å². The summed E-state index contributed by atoms with van der Waals surface area (Å²) in [5.41, 5.74) is 2.80. The van der Waals surface area contributed by atoms with Crippen LogP contribution >= 0.6 is 11.6 Å². The number of carbonyl (C=O) groups is 4. The predicted octanol–water partition coefficient (Wildman–Crippen LogP) is 6.23. The first kappa shape index (κ1) is 29.5. The maximum atomic E-state index is 15.2. The molecule has 45 heavy (non-hydrogen) atoms. The number of anilines is 1. The molecule has 1 saturated carbocycles. The first-order valence-electron chi connectivity index (χ1n) is 15.7. The van der Waals surface area contributed by atoms with Crippen molar-refractivity contribution in [1.82, 2.24) is 4.90 Å². The molecule has 2 aliphatic carbocycles. The van der Waals surface area contributed by atoms with Crippen LogP contribution in [0, 0.1) is 37.5 Å². The third kappa shape index (κ3) is 4.09. The molecule has 7 nitrogen and oxygen atoms in total. The zero-order chi connectivity index (χ0) is 31.8. The van der Waals surface area contributed by atoms with Crippen molar-refractivity contribution in [2.24, 2.45) is 23.7 Å². The van der Waals surface area contributed by atoms with Gasteiger partial charge in [-0.25, -0.2) is 4.90 Å². The number of hydrogen-bond acceptors (Lipinski definition) is 5. The van der Waals surface area contributed by atoms with Crippen LogP contribution < -0.4 is 4.90 Å². The van der Waals surface area contributed by atoms with Crippen molar-refractivity contribution in [3.8, 4) is 5.75 Å². The summed E-state index contributed by atoms with van der Waals surface area (Å²) in [6, 6.07) is 20.0. The maximum Gasteiger partial charge on any atom is 0.246 e. The number of carbonyl (C=O) groups excluding carboxylic acids is 4. The monoisotopic (exact) mass is 622 g/mol. The molecule has 0 spiro atoms. The number of aryl methyl sites for hydroxylation is 2. The highest BCUT2D eigenvalue weighted by molar-refractivity contribution is 6.32. The van der Waals surface area contributed by atoms with Crippen molar-refractivity contribution in [3.63, 3.8) is 0 Å². The van der Waals surface area contributed by atoms with Crippen molar-refractivity contribution in [2.45, 2.75) is 51.4 Å². The molecule has 1 N–H and O–H groups in total. The molecule has 0 radical (unpaired) electrons. The lowest BCUT2D eigenvalue weighted by atomic mass is 9.49. The maximum absolute atomic E-state index is 15.2. The Morgan fingerprint density at radius 2 is 1.60 bits per heavy atom. The number of aromatic hydroxyl groups is 1. The fourth-order valence-corrected chi connectivity index (χ4v) is 8.97. The van der Waals surface area contributed by atoms with E-state index in [0.717, 1.165) is 11.1 Å². The van der Waals surface area contributed by atoms with Crippen LogP contribution in [0.2, 0.25) is 5.02 Å². The molecular weight excluding hydrogens is 588 g/mol. The van der Waals surface area contributed by atoms with E-state index >= 15 is 4.79 Å². The molecule has 0 bridgehead atoms. The van der Waals surface area contributed by atoms with Crippen molar-refractivity contribution in [2.75, 3.05) is 11.4 Å². The minimum Gasteiger partial charge on any atom is -0.507 e. The standard InChI is InChI=1S/C37H35ClN2O5/c1-4-15-39-33(42)27-14-13-26-28(30(27)35(39)44)19-29-34(43)40(25-12-8-11-24(38)18-25)36(45)37(29,23-9-6-5-7-10-23)31(26)22-16-20(2)32(41)21(3)17-22/h5-13,16-18,27-31,41H,4,14-15,19H2,1-3H3/t27-,28+,29-,30-,31-,37+/m0/s1. The molecule has 0 unspecified atom stereocenters. The molecule has 4 aliphatic rings. The lowest BCUT2D eigenvalue weighted by molar-refractivity contribution is -0.140. The summed E-state index contributed by atoms with van der Waals surface area (Å²) in [6.45, 7) is 5.96. The molecular formula is C37H35ClN2O5. The highest BCUT2D eigenvalue weighted by Crippen LogP contribution is 2.64. The molecule has 2 saturated heterocycles. The summed E-state index contributed by atoms with van der Waals surface area (Å²) in [4.78, 5) is 60.1. The zero-order valence-electron chi connectivity index (χ0n) is 25.5. The van der Waals surface area contributed by atoms with Gasteiger partial charge in [0, 0.05) is 17.5 Å². The number of allylic oxidation sites excluding steroid dienone is 2. The van der Waals surface area contributed by atoms with Gasteiger partial charge < -0.3 is 5.11 Å². The van der Waals surface area contributed by atoms with E-state index in [1.165, 1.54) is 9.80 Å². The highest BCUT2D eigenvalue weighted by atomic mass is 35.5. The highest BCUT2D eigenvalue weighted by Gasteiger charge is 2.70. The van der Waals surface area contributed by atoms with Gasteiger partial charge in [-0.2, -0.15) is 0 Å². The van der Waals surface area contributed by atoms with Crippen molar-refractivity contribution in [1.29, 1.82) is 0 Å². The number of phenolic OH excluding ortho intramolecular Hbond substituents is 1. The van der Waals surface area contributed by atoms with Crippen molar-refractivity contribution in [3.05, 3.63) is 106 Å². The minimum atomic E-state index is -1.33. The fraction of sp³-hybridized carbons (Fsp3) is 0.351. The lowest BCUT2D eigenvalue weighted by Crippen LogP contribution is -2.53. The van der Waals surface area contributed by atoms with Gasteiger partial charge in [0.15, 0.2) is 0 Å². The molecule has 8 heteroatoms. The van der Waals surface area contributed by atoms with Crippen molar-refractivity contribution < 1.29 is 24.3 Å². The molecule has 2 aliphatic heterocycles. The fourth-order valence-electron chi connectivity index (χ4n) is 8.78. The Kier molecular flexibility index (Phi) is 7.00. The smallest absolute Gasteiger partial charge is 0.246 e. The Morgan fingerprint density at radius 1 is 0.889 bits per heavy atom. The first-order valence-corrected chi connectivity index (χ1v) is 16.0. The van der Waals surface area contributed by atoms with Crippen LogP contribution in [-0.2, 0) is 24.6 Å². The average Bonchev–Trinajstić information content (AvgIpc) is 3.41. The molecule has 3 aromatic rings. The second-order valence-corrected chi connectivity index (χ2v) is 13.4. The number of hydrogen-bond donors (Lipinski definition) is 1. The number of likely N-dealkylation sites (tertiary alicyclic amines) is 1. The third-order valence-electron chi connectivity index (χ3n) is 10.6. The van der Waals surface area contributed by atoms with Crippen LogP contribution in [0.25, 0.3) is 0 Å². The number of benzene rings is 3. The van der Waals surface area contributed by atoms with Gasteiger partial charge in [-0.3, -0.25) is 24.1 Å². The molecule has 0 aromatic heterocycles. The van der Waals surface area contributed by atoms with Gasteiger partial charge in [0.2, 0.25) is 23.6 Å². The average molecular weight is 623 g/mol. The quantitative estimate of drug-likeness (QED) is 0.269. The Labute approximate surface area is 267 Å². The molecule has 6 atom stereocenters. The summed E-state index contributed by atoms with van der Waals surface area (Å²) in [7, 11) is 0. The number of amides is 4. The van der Waals surface area contributed by atoms with E-state index in [2.05, 4.69) is 6.08 Å². The van der Waals surface area contributed by atoms with E-state index in [1.54, 1.807) is 24.3 Å². The van der Waals surface area contributed by atoms with Crippen LogP contribution in [0.4, 0.5) is 5.69 Å². The Hall–Kier alpha value is -4.23. The molecule has 7 rings (SSSR count). The summed E-state index contributed by atoms with van der Waals surface area (Å²) >= 11 is 6.37. The van der Waals surface area contributed by atoms with Gasteiger partial charge in [-0.15, -0.1) is 0 Å². The molecule has 230 valence electrons. The first-order chi connectivity index (χ1) is 21.6. The SMILES string of the molecule is CCCN1C(=O)[C@H]2[C@H](CC=C3[C@H]2C[C@H]2C(=O)N(c4cccc(Cl)c4)C(=O)[C@@]2(c2ccccc2)[C@H]3c2cc(C)c(O)c(C)c2)C1=O. The molecule has 4 amide bonds. The van der Waals surface area contributed by atoms with Crippen LogP contribution in [0.5, 0.6) is 5.75 Å². The normalized spacial score (nSPS) is 29.1. The van der Waals surface area contributed by atoms with Gasteiger partial charge in [0.05, 0.1) is 28.9 Å². The van der Waals surface area contributed by atoms with Gasteiger partial charge in [-0.05, 0) is 79.5 Å².